The van der Waals surface area contributed by atoms with Crippen molar-refractivity contribution in [3.05, 3.63) is 18.2 Å². The van der Waals surface area contributed by atoms with Gasteiger partial charge in [-0.15, -0.1) is 0 Å². The zero-order chi connectivity index (χ0) is 10.2. The number of rotatable bonds is 7. The number of hydrogen-bond donors (Lipinski definition) is 2. The molecular formula is C10H19N3O. The molecule has 0 fully saturated rings. The second-order valence-electron chi connectivity index (χ2n) is 3.31. The van der Waals surface area contributed by atoms with Crippen LogP contribution in [0, 0.1) is 0 Å². The summed E-state index contributed by atoms with van der Waals surface area (Å²) in [7, 11) is 0. The number of aliphatic hydroxyl groups is 1. The maximum Gasteiger partial charge on any atom is 0.0949 e. The topological polar surface area (TPSA) is 50.1 Å². The van der Waals surface area contributed by atoms with E-state index in [2.05, 4.69) is 28.0 Å². The van der Waals surface area contributed by atoms with Gasteiger partial charge in [-0.2, -0.15) is 0 Å². The van der Waals surface area contributed by atoms with Crippen LogP contribution in [0.5, 0.6) is 0 Å². The fourth-order valence-electron chi connectivity index (χ4n) is 1.28. The van der Waals surface area contributed by atoms with Crippen LogP contribution in [0.1, 0.15) is 25.5 Å². The van der Waals surface area contributed by atoms with Gasteiger partial charge in [-0.05, 0) is 19.4 Å². The molecule has 0 bridgehead atoms. The minimum Gasteiger partial charge on any atom is -0.396 e. The van der Waals surface area contributed by atoms with Crippen molar-refractivity contribution in [2.75, 3.05) is 13.2 Å². The van der Waals surface area contributed by atoms with Crippen molar-refractivity contribution in [1.82, 2.24) is 14.9 Å². The van der Waals surface area contributed by atoms with Crippen LogP contribution in [-0.4, -0.2) is 27.8 Å². The highest BCUT2D eigenvalue weighted by Gasteiger charge is 1.97. The molecule has 0 aliphatic heterocycles. The summed E-state index contributed by atoms with van der Waals surface area (Å²) in [6, 6.07) is 0. The van der Waals surface area contributed by atoms with Gasteiger partial charge in [-0.1, -0.05) is 6.92 Å². The number of aliphatic hydroxyl groups excluding tert-OH is 1. The van der Waals surface area contributed by atoms with E-state index in [1.54, 1.807) is 0 Å². The average Bonchev–Trinajstić information content (AvgIpc) is 2.63. The van der Waals surface area contributed by atoms with Gasteiger partial charge in [-0.25, -0.2) is 4.98 Å². The first kappa shape index (κ1) is 11.2. The minimum absolute atomic E-state index is 0.277. The number of imidazole rings is 1. The largest absolute Gasteiger partial charge is 0.396 e. The van der Waals surface area contributed by atoms with Crippen LogP contribution in [-0.2, 0) is 13.1 Å². The van der Waals surface area contributed by atoms with Crippen molar-refractivity contribution in [2.24, 2.45) is 0 Å². The molecule has 0 radical (unpaired) electrons. The molecular weight excluding hydrogens is 178 g/mol. The van der Waals surface area contributed by atoms with Crippen LogP contribution in [0.25, 0.3) is 0 Å². The number of aryl methyl sites for hydroxylation is 1. The molecule has 4 heteroatoms. The Morgan fingerprint density at radius 2 is 2.36 bits per heavy atom. The van der Waals surface area contributed by atoms with Crippen molar-refractivity contribution in [3.63, 3.8) is 0 Å². The molecule has 2 N–H and O–H groups in total. The van der Waals surface area contributed by atoms with Gasteiger partial charge in [0.2, 0.25) is 0 Å². The molecule has 0 saturated heterocycles. The number of aromatic nitrogens is 2. The van der Waals surface area contributed by atoms with E-state index in [1.165, 1.54) is 0 Å². The standard InChI is InChI=1S/C10H19N3O/c1-2-11-7-10-8-13(9-12-10)5-3-4-6-14/h8-9,11,14H,2-7H2,1H3. The van der Waals surface area contributed by atoms with E-state index in [1.807, 2.05) is 6.33 Å². The zero-order valence-electron chi connectivity index (χ0n) is 8.74. The fourth-order valence-corrected chi connectivity index (χ4v) is 1.28. The van der Waals surface area contributed by atoms with Crippen LogP contribution in [0.2, 0.25) is 0 Å². The van der Waals surface area contributed by atoms with Crippen molar-refractivity contribution in [1.29, 1.82) is 0 Å². The minimum atomic E-state index is 0.277. The molecule has 0 atom stereocenters. The molecule has 1 aromatic heterocycles. The van der Waals surface area contributed by atoms with Crippen molar-refractivity contribution < 1.29 is 5.11 Å². The number of hydrogen-bond acceptors (Lipinski definition) is 3. The molecule has 0 aliphatic rings. The highest BCUT2D eigenvalue weighted by atomic mass is 16.2. The lowest BCUT2D eigenvalue weighted by molar-refractivity contribution is 0.281. The van der Waals surface area contributed by atoms with Gasteiger partial charge in [0.25, 0.3) is 0 Å². The third-order valence-electron chi connectivity index (χ3n) is 2.07. The first-order valence-corrected chi connectivity index (χ1v) is 5.19. The highest BCUT2D eigenvalue weighted by Crippen LogP contribution is 1.99. The Morgan fingerprint density at radius 1 is 1.50 bits per heavy atom. The molecule has 0 spiro atoms. The van der Waals surface area contributed by atoms with Crippen molar-refractivity contribution in [3.8, 4) is 0 Å². The molecule has 1 heterocycles. The van der Waals surface area contributed by atoms with Gasteiger partial charge in [0, 0.05) is 25.9 Å². The monoisotopic (exact) mass is 197 g/mol. The molecule has 80 valence electrons. The molecule has 14 heavy (non-hydrogen) atoms. The van der Waals surface area contributed by atoms with Gasteiger partial charge in [0.15, 0.2) is 0 Å². The molecule has 0 aliphatic carbocycles. The predicted octanol–water partition coefficient (Wildman–Crippen LogP) is 0.765. The normalized spacial score (nSPS) is 10.7. The van der Waals surface area contributed by atoms with E-state index >= 15 is 0 Å². The lowest BCUT2D eigenvalue weighted by atomic mass is 10.3. The maximum absolute atomic E-state index is 8.63. The second-order valence-corrected chi connectivity index (χ2v) is 3.31. The van der Waals surface area contributed by atoms with Crippen LogP contribution < -0.4 is 5.32 Å². The SMILES string of the molecule is CCNCc1cn(CCCCO)cn1. The lowest BCUT2D eigenvalue weighted by Gasteiger charge is -1.99. The molecule has 4 nitrogen and oxygen atoms in total. The summed E-state index contributed by atoms with van der Waals surface area (Å²) in [5.74, 6) is 0. The van der Waals surface area contributed by atoms with Crippen molar-refractivity contribution in [2.45, 2.75) is 32.9 Å². The van der Waals surface area contributed by atoms with Gasteiger partial charge in [-0.3, -0.25) is 0 Å². The fraction of sp³-hybridized carbons (Fsp3) is 0.700. The third-order valence-corrected chi connectivity index (χ3v) is 2.07. The van der Waals surface area contributed by atoms with E-state index < -0.39 is 0 Å². The molecule has 1 aromatic rings. The summed E-state index contributed by atoms with van der Waals surface area (Å²) in [4.78, 5) is 4.27. The van der Waals surface area contributed by atoms with Crippen LogP contribution in [0.15, 0.2) is 12.5 Å². The summed E-state index contributed by atoms with van der Waals surface area (Å²) in [6.07, 6.45) is 5.78. The number of nitrogens with zero attached hydrogens (tertiary/aromatic N) is 2. The third kappa shape index (κ3) is 3.89. The molecule has 0 saturated carbocycles. The Bertz CT molecular complexity index is 247. The Morgan fingerprint density at radius 3 is 3.07 bits per heavy atom. The highest BCUT2D eigenvalue weighted by molar-refractivity contribution is 4.95. The lowest BCUT2D eigenvalue weighted by Crippen LogP contribution is -2.11. The van der Waals surface area contributed by atoms with Gasteiger partial charge in [0.1, 0.15) is 0 Å². The van der Waals surface area contributed by atoms with E-state index in [9.17, 15) is 0 Å². The summed E-state index contributed by atoms with van der Waals surface area (Å²) < 4.78 is 2.07. The van der Waals surface area contributed by atoms with E-state index in [-0.39, 0.29) is 6.61 Å². The zero-order valence-corrected chi connectivity index (χ0v) is 8.74. The maximum atomic E-state index is 8.63. The summed E-state index contributed by atoms with van der Waals surface area (Å²) in [5, 5.41) is 11.9. The summed E-state index contributed by atoms with van der Waals surface area (Å²) in [6.45, 7) is 5.11. The molecule has 0 amide bonds. The molecule has 0 unspecified atom stereocenters. The second kappa shape index (κ2) is 6.56. The number of nitrogens with one attached hydrogen (secondary N) is 1. The van der Waals surface area contributed by atoms with Gasteiger partial charge >= 0.3 is 0 Å². The van der Waals surface area contributed by atoms with Gasteiger partial charge in [0.05, 0.1) is 12.0 Å². The first-order valence-electron chi connectivity index (χ1n) is 5.19. The smallest absolute Gasteiger partial charge is 0.0949 e. The molecule has 1 rings (SSSR count). The van der Waals surface area contributed by atoms with Crippen LogP contribution >= 0.6 is 0 Å². The van der Waals surface area contributed by atoms with Crippen LogP contribution in [0.3, 0.4) is 0 Å². The van der Waals surface area contributed by atoms with E-state index in [0.29, 0.717) is 0 Å². The van der Waals surface area contributed by atoms with Crippen LogP contribution in [0.4, 0.5) is 0 Å². The Balaban J connectivity index is 2.27. The molecule has 0 aromatic carbocycles. The van der Waals surface area contributed by atoms with E-state index in [4.69, 9.17) is 5.11 Å². The Kier molecular flexibility index (Phi) is 5.25. The van der Waals surface area contributed by atoms with Gasteiger partial charge < -0.3 is 15.0 Å². The predicted molar refractivity (Wildman–Crippen MR) is 55.9 cm³/mol. The quantitative estimate of drug-likeness (QED) is 0.635. The summed E-state index contributed by atoms with van der Waals surface area (Å²) >= 11 is 0. The number of unbranched alkanes of at least 4 members (excludes halogenated alkanes) is 1. The first-order chi connectivity index (χ1) is 6.86. The van der Waals surface area contributed by atoms with Crippen molar-refractivity contribution >= 4 is 0 Å². The summed E-state index contributed by atoms with van der Waals surface area (Å²) in [5.41, 5.74) is 1.08. The average molecular weight is 197 g/mol. The van der Waals surface area contributed by atoms with E-state index in [0.717, 1.165) is 38.2 Å². The Labute approximate surface area is 85.0 Å². The Hall–Kier alpha value is -0.870.